The van der Waals surface area contributed by atoms with Gasteiger partial charge in [-0.05, 0) is 42.5 Å². The summed E-state index contributed by atoms with van der Waals surface area (Å²) >= 11 is 7.75. The fraction of sp³-hybridized carbons (Fsp3) is 0.263. The number of carbonyl (C=O) groups is 1. The maximum absolute atomic E-state index is 14.7. The number of halogens is 3. The van der Waals surface area contributed by atoms with E-state index >= 15 is 0 Å². The fourth-order valence-electron chi connectivity index (χ4n) is 3.45. The summed E-state index contributed by atoms with van der Waals surface area (Å²) in [5, 5.41) is 3.25. The Labute approximate surface area is 194 Å². The normalized spacial score (nSPS) is 22.0. The Morgan fingerprint density at radius 3 is 2.57 bits per heavy atom. The van der Waals surface area contributed by atoms with Crippen LogP contribution >= 0.6 is 43.6 Å². The van der Waals surface area contributed by atoms with Gasteiger partial charge in [0.1, 0.15) is 5.82 Å². The van der Waals surface area contributed by atoms with Gasteiger partial charge in [-0.25, -0.2) is 12.8 Å². The Bertz CT molecular complexity index is 1130. The van der Waals surface area contributed by atoms with E-state index in [1.165, 1.54) is 17.8 Å². The van der Waals surface area contributed by atoms with Crippen molar-refractivity contribution in [2.75, 3.05) is 27.5 Å². The Morgan fingerprint density at radius 2 is 1.87 bits per heavy atom. The summed E-state index contributed by atoms with van der Waals surface area (Å²) in [7, 11) is -3.24. The third-order valence-electron chi connectivity index (χ3n) is 4.74. The van der Waals surface area contributed by atoms with Crippen molar-refractivity contribution in [2.45, 2.75) is 12.1 Å². The Kier molecular flexibility index (Phi) is 6.25. The van der Waals surface area contributed by atoms with Crippen molar-refractivity contribution < 1.29 is 17.6 Å². The summed E-state index contributed by atoms with van der Waals surface area (Å²) < 4.78 is 40.3. The molecule has 11 heteroatoms. The number of benzene rings is 2. The van der Waals surface area contributed by atoms with Crippen LogP contribution < -0.4 is 10.2 Å². The molecule has 1 fully saturated rings. The Balaban J connectivity index is 1.52. The molecule has 0 bridgehead atoms. The van der Waals surface area contributed by atoms with Gasteiger partial charge in [-0.2, -0.15) is 0 Å². The second-order valence-electron chi connectivity index (χ2n) is 6.93. The van der Waals surface area contributed by atoms with E-state index in [9.17, 15) is 17.6 Å². The molecule has 30 heavy (non-hydrogen) atoms. The van der Waals surface area contributed by atoms with Crippen molar-refractivity contribution in [2.24, 2.45) is 4.99 Å². The Morgan fingerprint density at radius 1 is 1.17 bits per heavy atom. The van der Waals surface area contributed by atoms with Gasteiger partial charge in [0.15, 0.2) is 15.0 Å². The van der Waals surface area contributed by atoms with Crippen LogP contribution in [0.15, 0.2) is 56.4 Å². The zero-order valence-electron chi connectivity index (χ0n) is 15.4. The number of amides is 1. The lowest BCUT2D eigenvalue weighted by atomic mass is 10.1. The first kappa shape index (κ1) is 21.8. The maximum Gasteiger partial charge on any atom is 0.234 e. The van der Waals surface area contributed by atoms with Crippen LogP contribution in [0.25, 0.3) is 0 Å². The number of anilines is 2. The molecule has 0 aromatic heterocycles. The number of thioether (sulfide) groups is 1. The van der Waals surface area contributed by atoms with E-state index in [0.29, 0.717) is 15.3 Å². The zero-order valence-corrected chi connectivity index (χ0v) is 20.2. The highest BCUT2D eigenvalue weighted by molar-refractivity contribution is 9.10. The predicted molar refractivity (Wildman–Crippen MR) is 125 cm³/mol. The lowest BCUT2D eigenvalue weighted by molar-refractivity contribution is -0.113. The number of hydrogen-bond acceptors (Lipinski definition) is 6. The lowest BCUT2D eigenvalue weighted by Crippen LogP contribution is -2.40. The monoisotopic (exact) mass is 575 g/mol. The SMILES string of the molecule is O=C(CSC1=N[C@H]2CS(=O)(=O)C[C@@H]2N1c1ccc(Br)cc1F)Nc1ccc(Br)cc1. The highest BCUT2D eigenvalue weighted by Gasteiger charge is 2.47. The van der Waals surface area contributed by atoms with E-state index in [2.05, 4.69) is 42.2 Å². The van der Waals surface area contributed by atoms with Gasteiger partial charge in [0.25, 0.3) is 0 Å². The fourth-order valence-corrected chi connectivity index (χ4v) is 6.81. The number of aliphatic imine (C=N–C) groups is 1. The molecule has 0 aliphatic carbocycles. The molecule has 6 nitrogen and oxygen atoms in total. The predicted octanol–water partition coefficient (Wildman–Crippen LogP) is 4.06. The summed E-state index contributed by atoms with van der Waals surface area (Å²) in [6, 6.07) is 10.9. The van der Waals surface area contributed by atoms with Gasteiger partial charge in [-0.1, -0.05) is 43.6 Å². The molecule has 2 aliphatic rings. The van der Waals surface area contributed by atoms with Gasteiger partial charge >= 0.3 is 0 Å². The number of amidine groups is 1. The first-order chi connectivity index (χ1) is 14.2. The minimum absolute atomic E-state index is 0.0652. The topological polar surface area (TPSA) is 78.8 Å². The highest BCUT2D eigenvalue weighted by Crippen LogP contribution is 2.37. The van der Waals surface area contributed by atoms with E-state index in [4.69, 9.17) is 0 Å². The van der Waals surface area contributed by atoms with Crippen molar-refractivity contribution >= 4 is 75.9 Å². The number of sulfone groups is 1. The van der Waals surface area contributed by atoms with Gasteiger partial charge in [0.2, 0.25) is 5.91 Å². The number of nitrogens with one attached hydrogen (secondary N) is 1. The molecular weight excluding hydrogens is 561 g/mol. The molecule has 2 aromatic carbocycles. The first-order valence-corrected chi connectivity index (χ1v) is 13.3. The number of carbonyl (C=O) groups excluding carboxylic acids is 1. The summed E-state index contributed by atoms with van der Waals surface area (Å²) in [6.07, 6.45) is 0. The van der Waals surface area contributed by atoms with E-state index in [-0.39, 0.29) is 28.9 Å². The van der Waals surface area contributed by atoms with Crippen molar-refractivity contribution in [3.05, 3.63) is 57.2 Å². The van der Waals surface area contributed by atoms with Crippen LogP contribution in [0, 0.1) is 5.82 Å². The van der Waals surface area contributed by atoms with Crippen molar-refractivity contribution in [3.63, 3.8) is 0 Å². The number of nitrogens with zero attached hydrogens (tertiary/aromatic N) is 2. The van der Waals surface area contributed by atoms with Crippen molar-refractivity contribution in [1.29, 1.82) is 0 Å². The van der Waals surface area contributed by atoms with E-state index in [0.717, 1.165) is 4.47 Å². The summed E-state index contributed by atoms with van der Waals surface area (Å²) in [5.74, 6) is -0.809. The molecule has 2 heterocycles. The summed E-state index contributed by atoms with van der Waals surface area (Å²) in [6.45, 7) is 0. The largest absolute Gasteiger partial charge is 0.325 e. The van der Waals surface area contributed by atoms with Gasteiger partial charge in [-0.15, -0.1) is 0 Å². The highest BCUT2D eigenvalue weighted by atomic mass is 79.9. The average Bonchev–Trinajstić information content (AvgIpc) is 3.13. The van der Waals surface area contributed by atoms with Crippen LogP contribution in [0.2, 0.25) is 0 Å². The van der Waals surface area contributed by atoms with Crippen LogP contribution in [0.5, 0.6) is 0 Å². The van der Waals surface area contributed by atoms with Gasteiger partial charge < -0.3 is 10.2 Å². The third kappa shape index (κ3) is 4.74. The molecule has 2 aromatic rings. The molecule has 1 saturated heterocycles. The number of hydrogen-bond donors (Lipinski definition) is 1. The molecule has 158 valence electrons. The lowest BCUT2D eigenvalue weighted by Gasteiger charge is -2.26. The summed E-state index contributed by atoms with van der Waals surface area (Å²) in [4.78, 5) is 18.5. The van der Waals surface area contributed by atoms with E-state index in [1.807, 2.05) is 12.1 Å². The van der Waals surface area contributed by atoms with Gasteiger partial charge in [-0.3, -0.25) is 9.79 Å². The molecule has 1 N–H and O–H groups in total. The minimum Gasteiger partial charge on any atom is -0.325 e. The third-order valence-corrected chi connectivity index (χ3v) is 8.42. The molecule has 2 aliphatic heterocycles. The quantitative estimate of drug-likeness (QED) is 0.594. The second kappa shape index (κ2) is 8.60. The van der Waals surface area contributed by atoms with Crippen molar-refractivity contribution in [3.8, 4) is 0 Å². The van der Waals surface area contributed by atoms with Crippen LogP contribution in [0.1, 0.15) is 0 Å². The Hall–Kier alpha value is -1.43. The van der Waals surface area contributed by atoms with Crippen LogP contribution in [0.3, 0.4) is 0 Å². The molecule has 0 radical (unpaired) electrons. The van der Waals surface area contributed by atoms with E-state index < -0.39 is 27.7 Å². The van der Waals surface area contributed by atoms with Crippen LogP contribution in [-0.4, -0.2) is 48.8 Å². The summed E-state index contributed by atoms with van der Waals surface area (Å²) in [5.41, 5.74) is 0.915. The number of fused-ring (bicyclic) bond motifs is 1. The maximum atomic E-state index is 14.7. The number of rotatable bonds is 4. The van der Waals surface area contributed by atoms with Gasteiger partial charge in [0.05, 0.1) is 35.0 Å². The first-order valence-electron chi connectivity index (χ1n) is 8.92. The molecule has 0 unspecified atom stereocenters. The van der Waals surface area contributed by atoms with E-state index in [1.54, 1.807) is 29.2 Å². The molecule has 2 atom stereocenters. The average molecular weight is 577 g/mol. The molecular formula is C19H16Br2FN3O3S2. The zero-order chi connectivity index (χ0) is 21.5. The second-order valence-corrected chi connectivity index (χ2v) is 11.9. The molecule has 4 rings (SSSR count). The van der Waals surface area contributed by atoms with Crippen LogP contribution in [-0.2, 0) is 14.6 Å². The minimum atomic E-state index is -3.24. The van der Waals surface area contributed by atoms with Crippen LogP contribution in [0.4, 0.5) is 15.8 Å². The molecule has 1 amide bonds. The standard InChI is InChI=1S/C19H16Br2FN3O3S2/c20-11-1-4-13(5-2-11)23-18(26)8-29-19-24-15-9-30(27,28)10-17(15)25(19)16-6-3-12(21)7-14(16)22/h1-7,15,17H,8-10H2,(H,23,26)/t15-,17-/m0/s1. The smallest absolute Gasteiger partial charge is 0.234 e. The van der Waals surface area contributed by atoms with Crippen molar-refractivity contribution in [1.82, 2.24) is 0 Å². The van der Waals surface area contributed by atoms with Gasteiger partial charge in [0, 0.05) is 14.6 Å². The molecule has 0 spiro atoms. The molecule has 0 saturated carbocycles.